The number of aromatic nitrogens is 3. The number of hydrogen-bond donors (Lipinski definition) is 1. The number of nitrogens with one attached hydrogen (secondary N) is 1. The zero-order valence-electron chi connectivity index (χ0n) is 15.7. The van der Waals surface area contributed by atoms with Crippen molar-refractivity contribution in [1.82, 2.24) is 25.0 Å². The molecular weight excluding hydrogens is 390 g/mol. The fourth-order valence-electron chi connectivity index (χ4n) is 3.31. The quantitative estimate of drug-likeness (QED) is 0.718. The number of piperazine rings is 1. The number of H-pyrrole nitrogens is 1. The smallest absolute Gasteiger partial charge is 0.272 e. The van der Waals surface area contributed by atoms with E-state index in [0.29, 0.717) is 49.0 Å². The van der Waals surface area contributed by atoms with Crippen LogP contribution in [0.2, 0.25) is 5.02 Å². The first kappa shape index (κ1) is 19.1. The van der Waals surface area contributed by atoms with Crippen molar-refractivity contribution in [2.24, 2.45) is 0 Å². The fraction of sp³-hybridized carbons (Fsp3) is 0.238. The Morgan fingerprint density at radius 2 is 1.76 bits per heavy atom. The van der Waals surface area contributed by atoms with E-state index >= 15 is 0 Å². The molecule has 7 nitrogen and oxygen atoms in total. The van der Waals surface area contributed by atoms with Gasteiger partial charge in [0.15, 0.2) is 0 Å². The summed E-state index contributed by atoms with van der Waals surface area (Å²) in [5.41, 5.74) is 2.89. The lowest BCUT2D eigenvalue weighted by Gasteiger charge is -2.34. The molecule has 1 aliphatic heterocycles. The summed E-state index contributed by atoms with van der Waals surface area (Å²) >= 11 is 5.89. The van der Waals surface area contributed by atoms with E-state index in [1.54, 1.807) is 40.4 Å². The van der Waals surface area contributed by atoms with Crippen molar-refractivity contribution in [3.8, 4) is 11.3 Å². The minimum Gasteiger partial charge on any atom is -0.339 e. The van der Waals surface area contributed by atoms with Gasteiger partial charge in [-0.05, 0) is 35.9 Å². The molecule has 0 saturated carbocycles. The van der Waals surface area contributed by atoms with Crippen LogP contribution in [0.1, 0.15) is 16.1 Å². The number of halogens is 1. The summed E-state index contributed by atoms with van der Waals surface area (Å²) in [6.45, 7) is 2.02. The van der Waals surface area contributed by atoms with E-state index < -0.39 is 0 Å². The monoisotopic (exact) mass is 409 g/mol. The van der Waals surface area contributed by atoms with Crippen molar-refractivity contribution in [1.29, 1.82) is 0 Å². The molecule has 3 aromatic rings. The molecule has 2 aromatic heterocycles. The van der Waals surface area contributed by atoms with Crippen LogP contribution < -0.4 is 0 Å². The number of carbonyl (C=O) groups excluding carboxylic acids is 2. The maximum atomic E-state index is 12.8. The third-order valence-electron chi connectivity index (χ3n) is 4.95. The summed E-state index contributed by atoms with van der Waals surface area (Å²) in [6.07, 6.45) is 3.73. The number of amides is 2. The number of benzene rings is 1. The predicted molar refractivity (Wildman–Crippen MR) is 109 cm³/mol. The predicted octanol–water partition coefficient (Wildman–Crippen LogP) is 2.65. The molecule has 0 unspecified atom stereocenters. The Bertz CT molecular complexity index is 995. The van der Waals surface area contributed by atoms with E-state index in [1.165, 1.54) is 0 Å². The van der Waals surface area contributed by atoms with E-state index in [2.05, 4.69) is 15.2 Å². The van der Waals surface area contributed by atoms with Gasteiger partial charge in [0.2, 0.25) is 5.91 Å². The highest BCUT2D eigenvalue weighted by molar-refractivity contribution is 6.30. The van der Waals surface area contributed by atoms with Crippen LogP contribution in [0.4, 0.5) is 0 Å². The van der Waals surface area contributed by atoms with Crippen LogP contribution in [-0.4, -0.2) is 63.0 Å². The molecule has 1 saturated heterocycles. The molecule has 2 amide bonds. The van der Waals surface area contributed by atoms with E-state index in [1.807, 2.05) is 24.3 Å². The van der Waals surface area contributed by atoms with Gasteiger partial charge in [0.05, 0.1) is 12.1 Å². The lowest BCUT2D eigenvalue weighted by Crippen LogP contribution is -2.51. The summed E-state index contributed by atoms with van der Waals surface area (Å²) in [5.74, 6) is -0.0581. The summed E-state index contributed by atoms with van der Waals surface area (Å²) in [6, 6.07) is 12.7. The second kappa shape index (κ2) is 8.45. The molecule has 148 valence electrons. The number of pyridine rings is 1. The molecular formula is C21H20ClN5O2. The van der Waals surface area contributed by atoms with Crippen LogP contribution in [0.3, 0.4) is 0 Å². The molecule has 0 radical (unpaired) electrons. The van der Waals surface area contributed by atoms with Crippen LogP contribution in [0.5, 0.6) is 0 Å². The van der Waals surface area contributed by atoms with Gasteiger partial charge in [-0.3, -0.25) is 19.7 Å². The standard InChI is InChI=1S/C21H20ClN5O2/c22-17-5-3-15(4-6-17)12-20(28)26-8-10-27(11-9-26)21(29)19-13-18(24-25-19)16-2-1-7-23-14-16/h1-7,13-14H,8-12H2,(H,24,25). The van der Waals surface area contributed by atoms with Gasteiger partial charge in [0.1, 0.15) is 5.69 Å². The van der Waals surface area contributed by atoms with Crippen molar-refractivity contribution in [2.75, 3.05) is 26.2 Å². The second-order valence-electron chi connectivity index (χ2n) is 6.88. The molecule has 0 spiro atoms. The Kier molecular flexibility index (Phi) is 5.57. The van der Waals surface area contributed by atoms with Gasteiger partial charge in [-0.15, -0.1) is 0 Å². The first-order chi connectivity index (χ1) is 14.1. The number of nitrogens with zero attached hydrogens (tertiary/aromatic N) is 4. The summed E-state index contributed by atoms with van der Waals surface area (Å²) in [4.78, 5) is 32.9. The van der Waals surface area contributed by atoms with Crippen molar-refractivity contribution in [3.63, 3.8) is 0 Å². The van der Waals surface area contributed by atoms with Crippen molar-refractivity contribution in [2.45, 2.75) is 6.42 Å². The fourth-order valence-corrected chi connectivity index (χ4v) is 3.44. The number of hydrogen-bond acceptors (Lipinski definition) is 4. The van der Waals surface area contributed by atoms with Gasteiger partial charge in [-0.25, -0.2) is 0 Å². The van der Waals surface area contributed by atoms with E-state index in [-0.39, 0.29) is 11.8 Å². The molecule has 1 aromatic carbocycles. The summed E-state index contributed by atoms with van der Waals surface area (Å²) in [7, 11) is 0. The molecule has 0 atom stereocenters. The van der Waals surface area contributed by atoms with E-state index in [9.17, 15) is 9.59 Å². The maximum Gasteiger partial charge on any atom is 0.272 e. The van der Waals surface area contributed by atoms with Gasteiger partial charge in [-0.1, -0.05) is 23.7 Å². The normalized spacial score (nSPS) is 14.1. The van der Waals surface area contributed by atoms with E-state index in [0.717, 1.165) is 11.1 Å². The molecule has 1 aliphatic rings. The molecule has 3 heterocycles. The Morgan fingerprint density at radius 3 is 2.45 bits per heavy atom. The second-order valence-corrected chi connectivity index (χ2v) is 7.32. The zero-order valence-corrected chi connectivity index (χ0v) is 16.5. The topological polar surface area (TPSA) is 82.2 Å². The maximum absolute atomic E-state index is 12.8. The highest BCUT2D eigenvalue weighted by Crippen LogP contribution is 2.18. The molecule has 4 rings (SSSR count). The molecule has 29 heavy (non-hydrogen) atoms. The van der Waals surface area contributed by atoms with Gasteiger partial charge in [0, 0.05) is 49.2 Å². The largest absolute Gasteiger partial charge is 0.339 e. The third-order valence-corrected chi connectivity index (χ3v) is 5.21. The minimum absolute atomic E-state index is 0.0554. The van der Waals surface area contributed by atoms with Crippen LogP contribution in [-0.2, 0) is 11.2 Å². The van der Waals surface area contributed by atoms with Crippen LogP contribution in [0, 0.1) is 0 Å². The number of carbonyl (C=O) groups is 2. The molecule has 0 aliphatic carbocycles. The van der Waals surface area contributed by atoms with Crippen LogP contribution in [0.15, 0.2) is 54.9 Å². The lowest BCUT2D eigenvalue weighted by atomic mass is 10.1. The average molecular weight is 410 g/mol. The molecule has 8 heteroatoms. The number of rotatable bonds is 4. The number of aromatic amines is 1. The van der Waals surface area contributed by atoms with E-state index in [4.69, 9.17) is 11.6 Å². The van der Waals surface area contributed by atoms with Gasteiger partial charge in [0.25, 0.3) is 5.91 Å². The van der Waals surface area contributed by atoms with Crippen LogP contribution >= 0.6 is 11.6 Å². The van der Waals surface area contributed by atoms with Gasteiger partial charge in [-0.2, -0.15) is 5.10 Å². The van der Waals surface area contributed by atoms with Gasteiger partial charge >= 0.3 is 0 Å². The Balaban J connectivity index is 1.33. The van der Waals surface area contributed by atoms with Crippen molar-refractivity contribution in [3.05, 3.63) is 71.1 Å². The van der Waals surface area contributed by atoms with Crippen molar-refractivity contribution >= 4 is 23.4 Å². The summed E-state index contributed by atoms with van der Waals surface area (Å²) < 4.78 is 0. The lowest BCUT2D eigenvalue weighted by molar-refractivity contribution is -0.131. The zero-order chi connectivity index (χ0) is 20.2. The van der Waals surface area contributed by atoms with Crippen LogP contribution in [0.25, 0.3) is 11.3 Å². The first-order valence-corrected chi connectivity index (χ1v) is 9.75. The first-order valence-electron chi connectivity index (χ1n) is 9.37. The highest BCUT2D eigenvalue weighted by Gasteiger charge is 2.26. The Hall–Kier alpha value is -3.19. The molecule has 0 bridgehead atoms. The molecule has 1 N–H and O–H groups in total. The average Bonchev–Trinajstić information content (AvgIpc) is 3.26. The van der Waals surface area contributed by atoms with Gasteiger partial charge < -0.3 is 9.80 Å². The Morgan fingerprint density at radius 1 is 1.03 bits per heavy atom. The third kappa shape index (κ3) is 4.46. The summed E-state index contributed by atoms with van der Waals surface area (Å²) in [5, 5.41) is 7.68. The minimum atomic E-state index is -0.113. The molecule has 1 fully saturated rings. The highest BCUT2D eigenvalue weighted by atomic mass is 35.5. The Labute approximate surface area is 173 Å². The van der Waals surface area contributed by atoms with Crippen molar-refractivity contribution < 1.29 is 9.59 Å². The SMILES string of the molecule is O=C(Cc1ccc(Cl)cc1)N1CCN(C(=O)c2cc(-c3cccnc3)n[nH]2)CC1.